The lowest BCUT2D eigenvalue weighted by Gasteiger charge is -2.41. The summed E-state index contributed by atoms with van der Waals surface area (Å²) in [6, 6.07) is 0. The molecule has 5 atom stereocenters. The van der Waals surface area contributed by atoms with E-state index in [0.717, 1.165) is 20.8 Å². The Kier molecular flexibility index (Phi) is 6.50. The highest BCUT2D eigenvalue weighted by molar-refractivity contribution is 5.75. The normalized spacial score (nSPS) is 28.9. The number of carbonyl (C=O) groups is 4. The molecule has 0 unspecified atom stereocenters. The third-order valence-corrected chi connectivity index (χ3v) is 2.83. The van der Waals surface area contributed by atoms with Crippen LogP contribution in [0.4, 0.5) is 0 Å². The average molecular weight is 345 g/mol. The van der Waals surface area contributed by atoms with Gasteiger partial charge in [-0.05, 0) is 5.53 Å². The van der Waals surface area contributed by atoms with Crippen LogP contribution in [0.1, 0.15) is 20.8 Å². The highest BCUT2D eigenvalue weighted by atomic mass is 16.7. The summed E-state index contributed by atoms with van der Waals surface area (Å²) in [6.45, 7) is 3.05. The molecule has 0 spiro atoms. The van der Waals surface area contributed by atoms with Crippen LogP contribution in [-0.2, 0) is 38.1 Å². The maximum absolute atomic E-state index is 11.4. The molecule has 0 saturated carbocycles. The van der Waals surface area contributed by atoms with E-state index >= 15 is 0 Å². The number of hydrogen-bond acceptors (Lipinski definition) is 9. The molecule has 0 bridgehead atoms. The van der Waals surface area contributed by atoms with E-state index in [2.05, 4.69) is 10.0 Å². The van der Waals surface area contributed by atoms with Crippen molar-refractivity contribution in [1.29, 1.82) is 0 Å². The van der Waals surface area contributed by atoms with Crippen LogP contribution >= 0.6 is 0 Å². The lowest BCUT2D eigenvalue weighted by molar-refractivity contribution is -0.246. The van der Waals surface area contributed by atoms with Crippen LogP contribution in [0.2, 0.25) is 0 Å². The Labute approximate surface area is 135 Å². The summed E-state index contributed by atoms with van der Waals surface area (Å²) < 4.78 is 19.8. The minimum Gasteiger partial charge on any atom is -0.479 e. The summed E-state index contributed by atoms with van der Waals surface area (Å²) in [4.78, 5) is 47.7. The Morgan fingerprint density at radius 2 is 1.42 bits per heavy atom. The van der Waals surface area contributed by atoms with Gasteiger partial charge in [0.05, 0.1) is 0 Å². The zero-order valence-electron chi connectivity index (χ0n) is 12.9. The molecule has 0 aliphatic carbocycles. The van der Waals surface area contributed by atoms with Crippen LogP contribution in [-0.4, -0.2) is 59.6 Å². The topological polar surface area (TPSA) is 174 Å². The molecular formula is C12H15N3O9. The van der Waals surface area contributed by atoms with Crippen LogP contribution in [0, 0.1) is 0 Å². The summed E-state index contributed by atoms with van der Waals surface area (Å²) >= 11 is 0. The standard InChI is InChI=1S/C12H15N3O9/c1-4(16)21-7-8(22-5(2)17)10(12(19)20)24-11(14-15-13)9(7)23-6(3)18/h7-11H,1-3H3,(H,19,20)/t7-,8-,9+,10-,11+/m0/s1. The second-order valence-corrected chi connectivity index (χ2v) is 4.71. The van der Waals surface area contributed by atoms with Crippen LogP contribution < -0.4 is 0 Å². The third kappa shape index (κ3) is 4.83. The van der Waals surface area contributed by atoms with E-state index in [9.17, 15) is 24.3 Å². The van der Waals surface area contributed by atoms with Crippen molar-refractivity contribution in [3.05, 3.63) is 10.4 Å². The van der Waals surface area contributed by atoms with Gasteiger partial charge in [-0.3, -0.25) is 14.4 Å². The van der Waals surface area contributed by atoms with Crippen molar-refractivity contribution in [2.45, 2.75) is 51.4 Å². The van der Waals surface area contributed by atoms with Gasteiger partial charge >= 0.3 is 23.9 Å². The Morgan fingerprint density at radius 1 is 0.958 bits per heavy atom. The number of carbonyl (C=O) groups excluding carboxylic acids is 3. The van der Waals surface area contributed by atoms with Gasteiger partial charge in [-0.15, -0.1) is 0 Å². The molecule has 1 heterocycles. The second kappa shape index (κ2) is 8.13. The van der Waals surface area contributed by atoms with Gasteiger partial charge in [0, 0.05) is 25.7 Å². The van der Waals surface area contributed by atoms with Gasteiger partial charge in [-0.25, -0.2) is 4.79 Å². The molecule has 0 aromatic carbocycles. The number of rotatable bonds is 5. The van der Waals surface area contributed by atoms with Crippen molar-refractivity contribution in [2.24, 2.45) is 5.11 Å². The van der Waals surface area contributed by atoms with Crippen molar-refractivity contribution in [2.75, 3.05) is 0 Å². The zero-order chi connectivity index (χ0) is 18.4. The highest BCUT2D eigenvalue weighted by Gasteiger charge is 2.54. The molecule has 0 aromatic heterocycles. The Balaban J connectivity index is 3.35. The molecule has 1 aliphatic heterocycles. The van der Waals surface area contributed by atoms with Gasteiger partial charge in [0.1, 0.15) is 0 Å². The van der Waals surface area contributed by atoms with E-state index in [0.29, 0.717) is 0 Å². The van der Waals surface area contributed by atoms with Gasteiger partial charge < -0.3 is 24.1 Å². The highest BCUT2D eigenvalue weighted by Crippen LogP contribution is 2.29. The molecule has 1 aliphatic rings. The van der Waals surface area contributed by atoms with Crippen molar-refractivity contribution < 1.29 is 43.2 Å². The van der Waals surface area contributed by atoms with Crippen LogP contribution in [0.15, 0.2) is 5.11 Å². The summed E-state index contributed by atoms with van der Waals surface area (Å²) in [7, 11) is 0. The summed E-state index contributed by atoms with van der Waals surface area (Å²) in [5, 5.41) is 12.4. The number of carboxylic acids is 1. The monoisotopic (exact) mass is 345 g/mol. The molecule has 12 heteroatoms. The predicted octanol–water partition coefficient (Wildman–Crippen LogP) is -0.0987. The summed E-state index contributed by atoms with van der Waals surface area (Å²) in [6.07, 6.45) is -8.06. The molecular weight excluding hydrogens is 330 g/mol. The van der Waals surface area contributed by atoms with Gasteiger partial charge in [0.25, 0.3) is 0 Å². The van der Waals surface area contributed by atoms with Gasteiger partial charge in [0.2, 0.25) is 0 Å². The molecule has 1 N–H and O–H groups in total. The molecule has 12 nitrogen and oxygen atoms in total. The van der Waals surface area contributed by atoms with Gasteiger partial charge in [0.15, 0.2) is 30.6 Å². The van der Waals surface area contributed by atoms with E-state index in [1.54, 1.807) is 0 Å². The molecule has 0 aromatic rings. The van der Waals surface area contributed by atoms with E-state index in [4.69, 9.17) is 24.5 Å². The number of nitrogens with zero attached hydrogens (tertiary/aromatic N) is 3. The molecule has 0 amide bonds. The molecule has 1 fully saturated rings. The molecule has 24 heavy (non-hydrogen) atoms. The van der Waals surface area contributed by atoms with E-state index in [-0.39, 0.29) is 0 Å². The number of ether oxygens (including phenoxy) is 4. The first-order chi connectivity index (χ1) is 11.2. The SMILES string of the molecule is CC(=O)O[C@@H]1[C@@H](OC(C)=O)[C@H](N=[N+]=[N-])O[C@H](C(=O)O)[C@H]1OC(C)=O. The zero-order valence-corrected chi connectivity index (χ0v) is 12.9. The molecule has 132 valence electrons. The van der Waals surface area contributed by atoms with Crippen molar-refractivity contribution in [1.82, 2.24) is 0 Å². The first-order valence-corrected chi connectivity index (χ1v) is 6.61. The number of hydrogen-bond donors (Lipinski definition) is 1. The second-order valence-electron chi connectivity index (χ2n) is 4.71. The maximum Gasteiger partial charge on any atom is 0.336 e. The van der Waals surface area contributed by atoms with Gasteiger partial charge in [-0.2, -0.15) is 0 Å². The molecule has 0 radical (unpaired) electrons. The van der Waals surface area contributed by atoms with Gasteiger partial charge in [-0.1, -0.05) is 5.11 Å². The minimum absolute atomic E-state index is 0.839. The first kappa shape index (κ1) is 19.2. The van der Waals surface area contributed by atoms with E-state index in [1.807, 2.05) is 0 Å². The number of esters is 3. The first-order valence-electron chi connectivity index (χ1n) is 6.61. The van der Waals surface area contributed by atoms with E-state index < -0.39 is 54.5 Å². The van der Waals surface area contributed by atoms with Crippen LogP contribution in [0.3, 0.4) is 0 Å². The third-order valence-electron chi connectivity index (χ3n) is 2.83. The number of azide groups is 1. The minimum atomic E-state index is -1.81. The Morgan fingerprint density at radius 3 is 1.83 bits per heavy atom. The number of carboxylic acid groups (broad SMARTS) is 1. The van der Waals surface area contributed by atoms with Crippen molar-refractivity contribution in [3.63, 3.8) is 0 Å². The molecule has 1 rings (SSSR count). The summed E-state index contributed by atoms with van der Waals surface area (Å²) in [5.41, 5.74) is 8.57. The quantitative estimate of drug-likeness (QED) is 0.234. The van der Waals surface area contributed by atoms with E-state index in [1.165, 1.54) is 0 Å². The van der Waals surface area contributed by atoms with Crippen molar-refractivity contribution >= 4 is 23.9 Å². The average Bonchev–Trinajstić information content (AvgIpc) is 2.43. The van der Waals surface area contributed by atoms with Crippen molar-refractivity contribution in [3.8, 4) is 0 Å². The lowest BCUT2D eigenvalue weighted by Crippen LogP contribution is -2.62. The van der Waals surface area contributed by atoms with Crippen LogP contribution in [0.25, 0.3) is 10.4 Å². The summed E-state index contributed by atoms with van der Waals surface area (Å²) in [5.74, 6) is -4.14. The maximum atomic E-state index is 11.4. The fourth-order valence-electron chi connectivity index (χ4n) is 2.13. The fourth-order valence-corrected chi connectivity index (χ4v) is 2.13. The Hall–Kier alpha value is -2.85. The largest absolute Gasteiger partial charge is 0.479 e. The predicted molar refractivity (Wildman–Crippen MR) is 72.1 cm³/mol. The number of aliphatic carboxylic acids is 1. The lowest BCUT2D eigenvalue weighted by atomic mass is 9.97. The molecule has 1 saturated heterocycles. The smallest absolute Gasteiger partial charge is 0.336 e. The van der Waals surface area contributed by atoms with Crippen LogP contribution in [0.5, 0.6) is 0 Å². The Bertz CT molecular complexity index is 558. The fraction of sp³-hybridized carbons (Fsp3) is 0.667.